The summed E-state index contributed by atoms with van der Waals surface area (Å²) >= 11 is 0. The molecule has 6 heteroatoms. The molecule has 2 aromatic rings. The van der Waals surface area contributed by atoms with E-state index in [4.69, 9.17) is 0 Å². The lowest BCUT2D eigenvalue weighted by atomic mass is 10.1. The molecule has 92 valence electrons. The monoisotopic (exact) mass is 234 g/mol. The van der Waals surface area contributed by atoms with Gasteiger partial charge in [-0.05, 0) is 26.7 Å². The molecular formula is C11H18N6. The Kier molecular flexibility index (Phi) is 3.51. The van der Waals surface area contributed by atoms with Crippen LogP contribution in [0.3, 0.4) is 0 Å². The summed E-state index contributed by atoms with van der Waals surface area (Å²) in [5.74, 6) is 1.92. The van der Waals surface area contributed by atoms with Crippen LogP contribution in [0.5, 0.6) is 0 Å². The summed E-state index contributed by atoms with van der Waals surface area (Å²) in [6.07, 6.45) is 5.23. The van der Waals surface area contributed by atoms with Crippen molar-refractivity contribution in [2.75, 3.05) is 0 Å². The summed E-state index contributed by atoms with van der Waals surface area (Å²) in [6, 6.07) is 0.376. The quantitative estimate of drug-likeness (QED) is 0.787. The Morgan fingerprint density at radius 2 is 1.82 bits per heavy atom. The first-order valence-corrected chi connectivity index (χ1v) is 5.93. The molecule has 1 atom stereocenters. The van der Waals surface area contributed by atoms with Gasteiger partial charge >= 0.3 is 0 Å². The predicted molar refractivity (Wildman–Crippen MR) is 63.5 cm³/mol. The minimum atomic E-state index is 0.376. The smallest absolute Gasteiger partial charge is 0.138 e. The maximum atomic E-state index is 4.27. The van der Waals surface area contributed by atoms with E-state index in [1.807, 2.05) is 23.2 Å². The minimum absolute atomic E-state index is 0.376. The van der Waals surface area contributed by atoms with Crippen LogP contribution in [0.25, 0.3) is 0 Å². The summed E-state index contributed by atoms with van der Waals surface area (Å²) in [5, 5.41) is 8.46. The summed E-state index contributed by atoms with van der Waals surface area (Å²) in [5.41, 5.74) is 0. The highest BCUT2D eigenvalue weighted by Crippen LogP contribution is 2.16. The molecule has 0 aliphatic carbocycles. The highest BCUT2D eigenvalue weighted by Gasteiger charge is 2.12. The molecule has 0 radical (unpaired) electrons. The lowest BCUT2D eigenvalue weighted by Crippen LogP contribution is -2.15. The molecule has 0 amide bonds. The third-order valence-electron chi connectivity index (χ3n) is 3.05. The average molecular weight is 234 g/mol. The van der Waals surface area contributed by atoms with Gasteiger partial charge in [0, 0.05) is 6.54 Å². The predicted octanol–water partition coefficient (Wildman–Crippen LogP) is 1.53. The number of nitrogens with zero attached hydrogens (tertiary/aromatic N) is 6. The topological polar surface area (TPSA) is 61.4 Å². The fourth-order valence-corrected chi connectivity index (χ4v) is 1.98. The van der Waals surface area contributed by atoms with E-state index >= 15 is 0 Å². The van der Waals surface area contributed by atoms with Gasteiger partial charge in [0.15, 0.2) is 0 Å². The zero-order chi connectivity index (χ0) is 12.3. The van der Waals surface area contributed by atoms with Gasteiger partial charge in [0.05, 0.1) is 6.04 Å². The Morgan fingerprint density at radius 3 is 2.35 bits per heavy atom. The van der Waals surface area contributed by atoms with Gasteiger partial charge in [0.25, 0.3) is 0 Å². The second-order valence-corrected chi connectivity index (χ2v) is 4.13. The van der Waals surface area contributed by atoms with Crippen LogP contribution in [0.4, 0.5) is 0 Å². The van der Waals surface area contributed by atoms with E-state index in [0.29, 0.717) is 6.04 Å². The Morgan fingerprint density at radius 1 is 1.12 bits per heavy atom. The summed E-state index contributed by atoms with van der Waals surface area (Å²) in [6.45, 7) is 6.98. The molecule has 0 saturated carbocycles. The zero-order valence-electron chi connectivity index (χ0n) is 10.5. The summed E-state index contributed by atoms with van der Waals surface area (Å²) in [7, 11) is 0. The Balaban J connectivity index is 2.02. The number of hydrogen-bond acceptors (Lipinski definition) is 4. The van der Waals surface area contributed by atoms with Crippen molar-refractivity contribution in [3.8, 4) is 0 Å². The summed E-state index contributed by atoms with van der Waals surface area (Å²) in [4.78, 5) is 8.28. The molecule has 0 N–H and O–H groups in total. The van der Waals surface area contributed by atoms with Crippen molar-refractivity contribution in [3.05, 3.63) is 24.3 Å². The second kappa shape index (κ2) is 5.07. The molecule has 0 aliphatic rings. The van der Waals surface area contributed by atoms with E-state index in [1.165, 1.54) is 0 Å². The molecule has 17 heavy (non-hydrogen) atoms. The molecule has 0 saturated heterocycles. The number of aryl methyl sites for hydroxylation is 3. The zero-order valence-corrected chi connectivity index (χ0v) is 10.5. The average Bonchev–Trinajstić information content (AvgIpc) is 2.90. The largest absolute Gasteiger partial charge is 0.250 e. The maximum absolute atomic E-state index is 4.27. The van der Waals surface area contributed by atoms with Crippen LogP contribution in [0.2, 0.25) is 0 Å². The van der Waals surface area contributed by atoms with Gasteiger partial charge in [0.1, 0.15) is 24.3 Å². The first kappa shape index (κ1) is 11.8. The molecule has 1 unspecified atom stereocenters. The van der Waals surface area contributed by atoms with Crippen molar-refractivity contribution in [2.24, 2.45) is 0 Å². The van der Waals surface area contributed by atoms with Gasteiger partial charge in [-0.1, -0.05) is 6.92 Å². The fraction of sp³-hybridized carbons (Fsp3) is 0.636. The highest BCUT2D eigenvalue weighted by molar-refractivity contribution is 4.84. The minimum Gasteiger partial charge on any atom is -0.250 e. The molecular weight excluding hydrogens is 216 g/mol. The van der Waals surface area contributed by atoms with Gasteiger partial charge < -0.3 is 0 Å². The molecule has 6 nitrogen and oxygen atoms in total. The van der Waals surface area contributed by atoms with Crippen molar-refractivity contribution in [1.82, 2.24) is 29.5 Å². The van der Waals surface area contributed by atoms with Crippen LogP contribution in [0, 0.1) is 13.8 Å². The molecule has 0 spiro atoms. The lowest BCUT2D eigenvalue weighted by molar-refractivity contribution is 0.370. The Bertz CT molecular complexity index is 472. The number of hydrogen-bond donors (Lipinski definition) is 0. The molecule has 2 aromatic heterocycles. The first-order chi connectivity index (χ1) is 8.22. The van der Waals surface area contributed by atoms with Gasteiger partial charge in [-0.15, -0.1) is 0 Å². The van der Waals surface area contributed by atoms with Crippen LogP contribution in [-0.4, -0.2) is 29.5 Å². The van der Waals surface area contributed by atoms with E-state index in [-0.39, 0.29) is 0 Å². The Hall–Kier alpha value is -1.72. The SMILES string of the molecule is CCC(CCn1ncnc1C)n1ncnc1C. The molecule has 0 fully saturated rings. The van der Waals surface area contributed by atoms with Crippen molar-refractivity contribution in [1.29, 1.82) is 0 Å². The highest BCUT2D eigenvalue weighted by atomic mass is 15.4. The fourth-order valence-electron chi connectivity index (χ4n) is 1.98. The van der Waals surface area contributed by atoms with Gasteiger partial charge in [-0.3, -0.25) is 4.68 Å². The number of aromatic nitrogens is 6. The molecule has 0 aromatic carbocycles. The van der Waals surface area contributed by atoms with E-state index in [9.17, 15) is 0 Å². The molecule has 2 rings (SSSR count). The van der Waals surface area contributed by atoms with E-state index in [1.54, 1.807) is 12.7 Å². The first-order valence-electron chi connectivity index (χ1n) is 5.93. The van der Waals surface area contributed by atoms with Crippen LogP contribution in [0.15, 0.2) is 12.7 Å². The Labute approximate surface area is 101 Å². The third-order valence-corrected chi connectivity index (χ3v) is 3.05. The van der Waals surface area contributed by atoms with Gasteiger partial charge in [-0.2, -0.15) is 10.2 Å². The normalized spacial score (nSPS) is 12.9. The van der Waals surface area contributed by atoms with Crippen LogP contribution in [0.1, 0.15) is 37.5 Å². The van der Waals surface area contributed by atoms with Crippen molar-refractivity contribution in [2.45, 2.75) is 46.2 Å². The van der Waals surface area contributed by atoms with Crippen molar-refractivity contribution >= 4 is 0 Å². The van der Waals surface area contributed by atoms with Gasteiger partial charge in [-0.25, -0.2) is 14.6 Å². The number of rotatable bonds is 5. The molecule has 0 aliphatic heterocycles. The molecule has 2 heterocycles. The van der Waals surface area contributed by atoms with E-state index in [2.05, 4.69) is 27.1 Å². The summed E-state index contributed by atoms with van der Waals surface area (Å²) < 4.78 is 3.92. The van der Waals surface area contributed by atoms with Crippen LogP contribution >= 0.6 is 0 Å². The van der Waals surface area contributed by atoms with Crippen LogP contribution < -0.4 is 0 Å². The van der Waals surface area contributed by atoms with E-state index < -0.39 is 0 Å². The van der Waals surface area contributed by atoms with Gasteiger partial charge in [0.2, 0.25) is 0 Å². The maximum Gasteiger partial charge on any atom is 0.138 e. The standard InChI is InChI=1S/C11H18N6/c1-4-11(17-10(3)13-8-15-17)5-6-16-9(2)12-7-14-16/h7-8,11H,4-6H2,1-3H3. The van der Waals surface area contributed by atoms with Crippen molar-refractivity contribution in [3.63, 3.8) is 0 Å². The van der Waals surface area contributed by atoms with Crippen LogP contribution in [-0.2, 0) is 6.54 Å². The molecule has 0 bridgehead atoms. The lowest BCUT2D eigenvalue weighted by Gasteiger charge is -2.16. The van der Waals surface area contributed by atoms with E-state index in [0.717, 1.165) is 31.0 Å². The van der Waals surface area contributed by atoms with Crippen molar-refractivity contribution < 1.29 is 0 Å². The second-order valence-electron chi connectivity index (χ2n) is 4.13. The third kappa shape index (κ3) is 2.51.